The van der Waals surface area contributed by atoms with Crippen molar-refractivity contribution in [3.8, 4) is 5.69 Å². The molecule has 0 aliphatic carbocycles. The molecule has 8 nitrogen and oxygen atoms in total. The van der Waals surface area contributed by atoms with E-state index in [4.69, 9.17) is 0 Å². The van der Waals surface area contributed by atoms with Gasteiger partial charge in [0.2, 0.25) is 15.5 Å². The summed E-state index contributed by atoms with van der Waals surface area (Å²) >= 11 is 0. The number of para-hydroxylation sites is 1. The molecule has 4 rings (SSSR count). The Kier molecular flexibility index (Phi) is 6.58. The molecule has 2 aromatic carbocycles. The Hall–Kier alpha value is -3.44. The topological polar surface area (TPSA) is 92.6 Å². The summed E-state index contributed by atoms with van der Waals surface area (Å²) < 4.78 is 55.8. The highest BCUT2D eigenvalue weighted by Crippen LogP contribution is 2.19. The van der Waals surface area contributed by atoms with Crippen LogP contribution < -0.4 is 5.43 Å². The van der Waals surface area contributed by atoms with E-state index in [1.807, 2.05) is 0 Å². The quantitative estimate of drug-likeness (QED) is 0.562. The third kappa shape index (κ3) is 4.62. The average molecular weight is 489 g/mol. The van der Waals surface area contributed by atoms with E-state index in [-0.39, 0.29) is 42.5 Å². The van der Waals surface area contributed by atoms with E-state index in [9.17, 15) is 26.8 Å². The fraction of sp³-hybridized carbons (Fsp3) is 0.261. The van der Waals surface area contributed by atoms with Crippen molar-refractivity contribution in [1.82, 2.24) is 19.0 Å². The Labute approximate surface area is 195 Å². The van der Waals surface area contributed by atoms with Crippen molar-refractivity contribution >= 4 is 15.9 Å². The Morgan fingerprint density at radius 2 is 1.68 bits per heavy atom. The van der Waals surface area contributed by atoms with Gasteiger partial charge in [-0.05, 0) is 49.7 Å². The summed E-state index contributed by atoms with van der Waals surface area (Å²) in [7, 11) is -3.87. The van der Waals surface area contributed by atoms with Gasteiger partial charge in [0.15, 0.2) is 5.69 Å². The minimum absolute atomic E-state index is 0.00118. The van der Waals surface area contributed by atoms with Crippen LogP contribution in [0.2, 0.25) is 0 Å². The third-order valence-corrected chi connectivity index (χ3v) is 7.50. The molecule has 1 aliphatic rings. The molecular weight excluding hydrogens is 466 g/mol. The van der Waals surface area contributed by atoms with Crippen molar-refractivity contribution in [3.63, 3.8) is 0 Å². The number of carbonyl (C=O) groups excluding carboxylic acids is 1. The highest BCUT2D eigenvalue weighted by molar-refractivity contribution is 7.89. The van der Waals surface area contributed by atoms with Crippen LogP contribution in [-0.2, 0) is 10.0 Å². The molecule has 0 spiro atoms. The van der Waals surface area contributed by atoms with Gasteiger partial charge in [-0.25, -0.2) is 21.9 Å². The summed E-state index contributed by atoms with van der Waals surface area (Å²) in [6, 6.07) is 11.6. The second kappa shape index (κ2) is 9.43. The number of aromatic nitrogens is 2. The molecule has 0 atom stereocenters. The van der Waals surface area contributed by atoms with Crippen LogP contribution >= 0.6 is 0 Å². The van der Waals surface area contributed by atoms with Crippen molar-refractivity contribution < 1.29 is 22.0 Å². The molecule has 34 heavy (non-hydrogen) atoms. The summed E-state index contributed by atoms with van der Waals surface area (Å²) in [6.45, 7) is 1.99. The molecule has 11 heteroatoms. The normalized spacial score (nSPS) is 15.2. The van der Waals surface area contributed by atoms with Crippen LogP contribution in [0.1, 0.15) is 22.6 Å². The fourth-order valence-corrected chi connectivity index (χ4v) is 5.28. The SMILES string of the molecule is Cc1cc(=O)c(C(=O)N2CCCN(S(=O)(=O)c3ccc(F)cc3)CC2)nn1-c1ccccc1F. The van der Waals surface area contributed by atoms with Crippen molar-refractivity contribution in [2.24, 2.45) is 0 Å². The molecule has 1 fully saturated rings. The zero-order valence-electron chi connectivity index (χ0n) is 18.3. The van der Waals surface area contributed by atoms with E-state index in [1.165, 1.54) is 50.3 Å². The number of halogens is 2. The number of rotatable bonds is 4. The lowest BCUT2D eigenvalue weighted by Gasteiger charge is -2.22. The number of nitrogens with zero attached hydrogens (tertiary/aromatic N) is 4. The van der Waals surface area contributed by atoms with E-state index in [0.717, 1.165) is 12.1 Å². The molecule has 1 aromatic heterocycles. The average Bonchev–Trinajstić information content (AvgIpc) is 3.07. The van der Waals surface area contributed by atoms with E-state index >= 15 is 0 Å². The Morgan fingerprint density at radius 1 is 0.971 bits per heavy atom. The van der Waals surface area contributed by atoms with E-state index in [0.29, 0.717) is 12.1 Å². The molecule has 1 amide bonds. The number of aryl methyl sites for hydroxylation is 1. The summed E-state index contributed by atoms with van der Waals surface area (Å²) in [5.74, 6) is -1.76. The predicted molar refractivity (Wildman–Crippen MR) is 120 cm³/mol. The minimum atomic E-state index is -3.87. The van der Waals surface area contributed by atoms with Crippen molar-refractivity contribution in [2.45, 2.75) is 18.2 Å². The largest absolute Gasteiger partial charge is 0.336 e. The van der Waals surface area contributed by atoms with Crippen LogP contribution in [-0.4, -0.2) is 59.5 Å². The molecule has 0 N–H and O–H groups in total. The molecule has 0 radical (unpaired) electrons. The molecule has 1 saturated heterocycles. The Bertz CT molecular complexity index is 1390. The van der Waals surface area contributed by atoms with Gasteiger partial charge in [-0.1, -0.05) is 12.1 Å². The molecule has 0 unspecified atom stereocenters. The van der Waals surface area contributed by atoms with Crippen LogP contribution in [0.25, 0.3) is 5.69 Å². The third-order valence-electron chi connectivity index (χ3n) is 5.58. The lowest BCUT2D eigenvalue weighted by Crippen LogP contribution is -2.39. The Balaban J connectivity index is 1.58. The lowest BCUT2D eigenvalue weighted by molar-refractivity contribution is 0.0755. The number of carbonyl (C=O) groups is 1. The van der Waals surface area contributed by atoms with E-state index < -0.39 is 33.0 Å². The van der Waals surface area contributed by atoms with Crippen LogP contribution in [0.15, 0.2) is 64.3 Å². The maximum Gasteiger partial charge on any atom is 0.278 e. The fourth-order valence-electron chi connectivity index (χ4n) is 3.81. The first-order valence-electron chi connectivity index (χ1n) is 10.6. The Morgan fingerprint density at radius 3 is 2.38 bits per heavy atom. The number of amides is 1. The second-order valence-electron chi connectivity index (χ2n) is 7.87. The maximum absolute atomic E-state index is 14.3. The molecule has 178 valence electrons. The summed E-state index contributed by atoms with van der Waals surface area (Å²) in [5, 5.41) is 4.14. The van der Waals surface area contributed by atoms with Gasteiger partial charge in [0, 0.05) is 37.9 Å². The van der Waals surface area contributed by atoms with Gasteiger partial charge in [0.05, 0.1) is 4.90 Å². The molecule has 2 heterocycles. The van der Waals surface area contributed by atoms with Gasteiger partial charge in [0.1, 0.15) is 17.3 Å². The summed E-state index contributed by atoms with van der Waals surface area (Å²) in [4.78, 5) is 27.1. The van der Waals surface area contributed by atoms with Crippen LogP contribution in [0.4, 0.5) is 8.78 Å². The van der Waals surface area contributed by atoms with Crippen molar-refractivity contribution in [1.29, 1.82) is 0 Å². The molecule has 0 bridgehead atoms. The van der Waals surface area contributed by atoms with Gasteiger partial charge in [0.25, 0.3) is 5.91 Å². The predicted octanol–water partition coefficient (Wildman–Crippen LogP) is 2.36. The monoisotopic (exact) mass is 488 g/mol. The number of hydrogen-bond donors (Lipinski definition) is 0. The van der Waals surface area contributed by atoms with Gasteiger partial charge in [-0.3, -0.25) is 9.59 Å². The molecule has 3 aromatic rings. The first-order chi connectivity index (χ1) is 16.2. The zero-order chi connectivity index (χ0) is 24.5. The van der Waals surface area contributed by atoms with Crippen LogP contribution in [0.5, 0.6) is 0 Å². The van der Waals surface area contributed by atoms with Crippen LogP contribution in [0, 0.1) is 18.6 Å². The number of sulfonamides is 1. The molecular formula is C23H22F2N4O4S. The zero-order valence-corrected chi connectivity index (χ0v) is 19.1. The second-order valence-corrected chi connectivity index (χ2v) is 9.80. The summed E-state index contributed by atoms with van der Waals surface area (Å²) in [5.41, 5.74) is -0.514. The minimum Gasteiger partial charge on any atom is -0.336 e. The van der Waals surface area contributed by atoms with Gasteiger partial charge in [-0.15, -0.1) is 0 Å². The maximum atomic E-state index is 14.3. The molecule has 1 aliphatic heterocycles. The van der Waals surface area contributed by atoms with Gasteiger partial charge in [-0.2, -0.15) is 9.40 Å². The number of benzene rings is 2. The molecule has 0 saturated carbocycles. The smallest absolute Gasteiger partial charge is 0.278 e. The van der Waals surface area contributed by atoms with Crippen molar-refractivity contribution in [2.75, 3.05) is 26.2 Å². The number of hydrogen-bond acceptors (Lipinski definition) is 5. The first-order valence-corrected chi connectivity index (χ1v) is 12.0. The van der Waals surface area contributed by atoms with Gasteiger partial charge >= 0.3 is 0 Å². The summed E-state index contributed by atoms with van der Waals surface area (Å²) in [6.07, 6.45) is 0.333. The first kappa shape index (κ1) is 23.7. The lowest BCUT2D eigenvalue weighted by atomic mass is 10.2. The van der Waals surface area contributed by atoms with E-state index in [2.05, 4.69) is 5.10 Å². The highest BCUT2D eigenvalue weighted by Gasteiger charge is 2.30. The van der Waals surface area contributed by atoms with E-state index in [1.54, 1.807) is 13.0 Å². The highest BCUT2D eigenvalue weighted by atomic mass is 32.2. The standard InChI is InChI=1S/C23H22F2N4O4S/c1-16-15-21(30)22(26-29(16)20-6-3-2-5-19(20)25)23(31)27-11-4-12-28(14-13-27)34(32,33)18-9-7-17(24)8-10-18/h2-3,5-10,15H,4,11-14H2,1H3. The van der Waals surface area contributed by atoms with Crippen LogP contribution in [0.3, 0.4) is 0 Å². The van der Waals surface area contributed by atoms with Gasteiger partial charge < -0.3 is 4.90 Å². The van der Waals surface area contributed by atoms with Crippen molar-refractivity contribution in [3.05, 3.63) is 87.8 Å².